The van der Waals surface area contributed by atoms with Gasteiger partial charge in [0.15, 0.2) is 11.5 Å². The fourth-order valence-corrected chi connectivity index (χ4v) is 4.25. The molecular weight excluding hydrogens is 400 g/mol. The number of nitrogens with zero attached hydrogens (tertiary/aromatic N) is 1. The highest BCUT2D eigenvalue weighted by Gasteiger charge is 2.23. The van der Waals surface area contributed by atoms with E-state index in [9.17, 15) is 9.59 Å². The monoisotopic (exact) mass is 428 g/mol. The molecular formula is C23H28N2O4S. The fourth-order valence-electron chi connectivity index (χ4n) is 3.41. The summed E-state index contributed by atoms with van der Waals surface area (Å²) in [5, 5.41) is 2.86. The van der Waals surface area contributed by atoms with Crippen molar-refractivity contribution in [2.24, 2.45) is 5.92 Å². The summed E-state index contributed by atoms with van der Waals surface area (Å²) in [5.74, 6) is 1.92. The Hall–Kier alpha value is -2.67. The Morgan fingerprint density at radius 2 is 1.77 bits per heavy atom. The van der Waals surface area contributed by atoms with Crippen LogP contribution >= 0.6 is 11.8 Å². The van der Waals surface area contributed by atoms with Gasteiger partial charge in [0.1, 0.15) is 0 Å². The molecule has 0 unspecified atom stereocenters. The van der Waals surface area contributed by atoms with E-state index < -0.39 is 0 Å². The highest BCUT2D eigenvalue weighted by Crippen LogP contribution is 2.30. The van der Waals surface area contributed by atoms with Crippen molar-refractivity contribution < 1.29 is 19.1 Å². The Bertz CT molecular complexity index is 895. The number of nitrogens with one attached hydrogen (secondary N) is 1. The largest absolute Gasteiger partial charge is 0.493 e. The summed E-state index contributed by atoms with van der Waals surface area (Å²) in [6.45, 7) is 3.81. The van der Waals surface area contributed by atoms with Gasteiger partial charge in [-0.1, -0.05) is 19.1 Å². The van der Waals surface area contributed by atoms with Crippen LogP contribution in [0.5, 0.6) is 11.5 Å². The Morgan fingerprint density at radius 1 is 1.07 bits per heavy atom. The van der Waals surface area contributed by atoms with Gasteiger partial charge in [-0.25, -0.2) is 0 Å². The molecule has 0 aliphatic carbocycles. The smallest absolute Gasteiger partial charge is 0.254 e. The molecule has 7 heteroatoms. The first-order valence-electron chi connectivity index (χ1n) is 10.0. The van der Waals surface area contributed by atoms with Gasteiger partial charge in [-0.15, -0.1) is 11.8 Å². The van der Waals surface area contributed by atoms with Crippen LogP contribution in [0.4, 0.5) is 5.69 Å². The van der Waals surface area contributed by atoms with Gasteiger partial charge in [0.05, 0.1) is 25.5 Å². The first-order chi connectivity index (χ1) is 14.5. The molecule has 160 valence electrons. The molecule has 0 bridgehead atoms. The van der Waals surface area contributed by atoms with Gasteiger partial charge >= 0.3 is 0 Å². The summed E-state index contributed by atoms with van der Waals surface area (Å²) < 4.78 is 10.5. The van der Waals surface area contributed by atoms with Gasteiger partial charge in [0, 0.05) is 29.7 Å². The van der Waals surface area contributed by atoms with E-state index in [4.69, 9.17) is 9.47 Å². The molecule has 30 heavy (non-hydrogen) atoms. The van der Waals surface area contributed by atoms with Crippen molar-refractivity contribution >= 4 is 29.3 Å². The summed E-state index contributed by atoms with van der Waals surface area (Å²) in [7, 11) is 3.12. The van der Waals surface area contributed by atoms with E-state index in [0.717, 1.165) is 30.8 Å². The topological polar surface area (TPSA) is 67.9 Å². The predicted molar refractivity (Wildman–Crippen MR) is 120 cm³/mol. The van der Waals surface area contributed by atoms with E-state index in [1.54, 1.807) is 32.4 Å². The minimum absolute atomic E-state index is 0.0466. The maximum atomic E-state index is 13.0. The molecule has 1 fully saturated rings. The highest BCUT2D eigenvalue weighted by molar-refractivity contribution is 8.00. The molecule has 0 radical (unpaired) electrons. The fraction of sp³-hybridized carbons (Fsp3) is 0.391. The molecule has 6 nitrogen and oxygen atoms in total. The number of amides is 2. The van der Waals surface area contributed by atoms with E-state index in [2.05, 4.69) is 12.2 Å². The van der Waals surface area contributed by atoms with E-state index in [1.807, 2.05) is 29.2 Å². The van der Waals surface area contributed by atoms with E-state index in [-0.39, 0.29) is 17.6 Å². The molecule has 1 aliphatic rings. The van der Waals surface area contributed by atoms with Gasteiger partial charge in [-0.05, 0) is 43.0 Å². The molecule has 2 aromatic carbocycles. The molecule has 1 N–H and O–H groups in total. The third-order valence-electron chi connectivity index (χ3n) is 5.21. The molecule has 1 saturated heterocycles. The van der Waals surface area contributed by atoms with Crippen molar-refractivity contribution in [3.8, 4) is 11.5 Å². The van der Waals surface area contributed by atoms with Crippen LogP contribution in [-0.2, 0) is 4.79 Å². The second-order valence-electron chi connectivity index (χ2n) is 7.38. The van der Waals surface area contributed by atoms with Crippen molar-refractivity contribution in [2.75, 3.05) is 38.4 Å². The summed E-state index contributed by atoms with van der Waals surface area (Å²) in [6.07, 6.45) is 2.07. The molecule has 3 rings (SSSR count). The number of carbonyl (C=O) groups is 2. The van der Waals surface area contributed by atoms with Crippen molar-refractivity contribution in [1.29, 1.82) is 0 Å². The number of likely N-dealkylation sites (tertiary alicyclic amines) is 1. The average Bonchev–Trinajstić information content (AvgIpc) is 2.77. The van der Waals surface area contributed by atoms with Crippen LogP contribution in [-0.4, -0.2) is 49.8 Å². The van der Waals surface area contributed by atoms with Crippen molar-refractivity contribution in [3.63, 3.8) is 0 Å². The Balaban J connectivity index is 1.62. The van der Waals surface area contributed by atoms with Crippen LogP contribution in [0.1, 0.15) is 30.1 Å². The normalized spacial score (nSPS) is 14.3. The number of carbonyl (C=O) groups excluding carboxylic acids is 2. The van der Waals surface area contributed by atoms with Crippen molar-refractivity contribution in [3.05, 3.63) is 48.0 Å². The van der Waals surface area contributed by atoms with E-state index >= 15 is 0 Å². The number of hydrogen-bond donors (Lipinski definition) is 1. The maximum absolute atomic E-state index is 13.0. The molecule has 0 aromatic heterocycles. The lowest BCUT2D eigenvalue weighted by Crippen LogP contribution is -2.38. The Morgan fingerprint density at radius 3 is 2.47 bits per heavy atom. The van der Waals surface area contributed by atoms with Gasteiger partial charge in [-0.3, -0.25) is 9.59 Å². The molecule has 0 atom stereocenters. The summed E-state index contributed by atoms with van der Waals surface area (Å²) >= 11 is 1.37. The third-order valence-corrected chi connectivity index (χ3v) is 6.29. The van der Waals surface area contributed by atoms with Crippen LogP contribution < -0.4 is 14.8 Å². The number of ether oxygens (including phenoxy) is 2. The van der Waals surface area contributed by atoms with E-state index in [1.165, 1.54) is 11.8 Å². The standard InChI is InChI=1S/C23H28N2O4S/c1-16-10-12-25(13-11-16)23(27)18-6-4-5-7-21(18)30-15-22(26)24-17-8-9-19(28-2)20(14-17)29-3/h4-9,14,16H,10-13,15H2,1-3H3,(H,24,26). The quantitative estimate of drug-likeness (QED) is 0.666. The van der Waals surface area contributed by atoms with Gasteiger partial charge < -0.3 is 19.7 Å². The van der Waals surface area contributed by atoms with Gasteiger partial charge in [0.2, 0.25) is 5.91 Å². The van der Waals surface area contributed by atoms with Gasteiger partial charge in [-0.2, -0.15) is 0 Å². The number of hydrogen-bond acceptors (Lipinski definition) is 5. The number of piperidine rings is 1. The van der Waals surface area contributed by atoms with Gasteiger partial charge in [0.25, 0.3) is 5.91 Å². The number of anilines is 1. The SMILES string of the molecule is COc1ccc(NC(=O)CSc2ccccc2C(=O)N2CCC(C)CC2)cc1OC. The first-order valence-corrected chi connectivity index (χ1v) is 11.0. The summed E-state index contributed by atoms with van der Waals surface area (Å²) in [4.78, 5) is 28.2. The van der Waals surface area contributed by atoms with Crippen molar-refractivity contribution in [1.82, 2.24) is 4.90 Å². The lowest BCUT2D eigenvalue weighted by Gasteiger charge is -2.30. The van der Waals surface area contributed by atoms with Crippen LogP contribution in [0.25, 0.3) is 0 Å². The number of thioether (sulfide) groups is 1. The lowest BCUT2D eigenvalue weighted by atomic mass is 9.98. The second kappa shape index (κ2) is 10.4. The Labute approximate surface area is 181 Å². The molecule has 1 heterocycles. The molecule has 0 saturated carbocycles. The summed E-state index contributed by atoms with van der Waals surface area (Å²) in [5.41, 5.74) is 1.29. The molecule has 2 amide bonds. The zero-order valence-corrected chi connectivity index (χ0v) is 18.5. The Kier molecular flexibility index (Phi) is 7.63. The number of benzene rings is 2. The number of rotatable bonds is 7. The molecule has 0 spiro atoms. The minimum Gasteiger partial charge on any atom is -0.493 e. The van der Waals surface area contributed by atoms with Crippen LogP contribution in [0.3, 0.4) is 0 Å². The molecule has 2 aromatic rings. The minimum atomic E-state index is -0.152. The van der Waals surface area contributed by atoms with Crippen LogP contribution in [0.2, 0.25) is 0 Å². The van der Waals surface area contributed by atoms with Crippen LogP contribution in [0.15, 0.2) is 47.4 Å². The average molecular weight is 429 g/mol. The van der Waals surface area contributed by atoms with Crippen LogP contribution in [0, 0.1) is 5.92 Å². The maximum Gasteiger partial charge on any atom is 0.254 e. The van der Waals surface area contributed by atoms with E-state index in [0.29, 0.717) is 28.7 Å². The highest BCUT2D eigenvalue weighted by atomic mass is 32.2. The molecule has 1 aliphatic heterocycles. The zero-order chi connectivity index (χ0) is 21.5. The van der Waals surface area contributed by atoms with Crippen molar-refractivity contribution in [2.45, 2.75) is 24.7 Å². The predicted octanol–water partition coefficient (Wildman–Crippen LogP) is 4.31. The third kappa shape index (κ3) is 5.48. The second-order valence-corrected chi connectivity index (χ2v) is 8.39. The summed E-state index contributed by atoms with van der Waals surface area (Å²) in [6, 6.07) is 12.7. The first kappa shape index (κ1) is 22.0. The zero-order valence-electron chi connectivity index (χ0n) is 17.6. The lowest BCUT2D eigenvalue weighted by molar-refractivity contribution is -0.113. The number of methoxy groups -OCH3 is 2.